The van der Waals surface area contributed by atoms with Crippen LogP contribution in [0.3, 0.4) is 0 Å². The van der Waals surface area contributed by atoms with Crippen molar-refractivity contribution in [3.8, 4) is 11.5 Å². The summed E-state index contributed by atoms with van der Waals surface area (Å²) < 4.78 is 15.9. The van der Waals surface area contributed by atoms with Crippen LogP contribution in [-0.2, 0) is 13.1 Å². The molecule has 0 atom stereocenters. The van der Waals surface area contributed by atoms with Gasteiger partial charge in [0.25, 0.3) is 0 Å². The summed E-state index contributed by atoms with van der Waals surface area (Å²) in [6.07, 6.45) is 0. The lowest BCUT2D eigenvalue weighted by Crippen LogP contribution is -2.19. The zero-order valence-corrected chi connectivity index (χ0v) is 15.7. The summed E-state index contributed by atoms with van der Waals surface area (Å²) >= 11 is 6.11. The van der Waals surface area contributed by atoms with Crippen LogP contribution in [0.15, 0.2) is 51.7 Å². The van der Waals surface area contributed by atoms with E-state index in [2.05, 4.69) is 4.90 Å². The Morgan fingerprint density at radius 2 is 1.77 bits per heavy atom. The molecule has 0 spiro atoms. The summed E-state index contributed by atoms with van der Waals surface area (Å²) in [6, 6.07) is 12.5. The fourth-order valence-corrected chi connectivity index (χ4v) is 3.17. The van der Waals surface area contributed by atoms with Gasteiger partial charge >= 0.3 is 5.63 Å². The largest absolute Gasteiger partial charge is 0.497 e. The highest BCUT2D eigenvalue weighted by molar-refractivity contribution is 6.30. The molecule has 0 saturated heterocycles. The molecule has 0 saturated carbocycles. The molecule has 0 aliphatic heterocycles. The van der Waals surface area contributed by atoms with Crippen molar-refractivity contribution in [2.45, 2.75) is 13.1 Å². The first-order valence-electron chi connectivity index (χ1n) is 8.12. The van der Waals surface area contributed by atoms with Gasteiger partial charge in [0.1, 0.15) is 17.1 Å². The molecule has 0 fully saturated rings. The molecule has 0 amide bonds. The summed E-state index contributed by atoms with van der Waals surface area (Å²) in [5.74, 6) is 1.43. The van der Waals surface area contributed by atoms with Crippen LogP contribution in [-0.4, -0.2) is 26.2 Å². The van der Waals surface area contributed by atoms with E-state index >= 15 is 0 Å². The third-order valence-electron chi connectivity index (χ3n) is 4.16. The SMILES string of the molecule is COc1ccc2c(CN(C)Cc3cc(Cl)ccc3OC)cc(=O)oc2c1. The van der Waals surface area contributed by atoms with Crippen LogP contribution >= 0.6 is 11.6 Å². The van der Waals surface area contributed by atoms with E-state index in [4.69, 9.17) is 25.5 Å². The Morgan fingerprint density at radius 3 is 2.50 bits per heavy atom. The maximum atomic E-state index is 11.9. The number of nitrogens with zero attached hydrogens (tertiary/aromatic N) is 1. The predicted octanol–water partition coefficient (Wildman–Crippen LogP) is 4.10. The molecule has 6 heteroatoms. The maximum absolute atomic E-state index is 11.9. The summed E-state index contributed by atoms with van der Waals surface area (Å²) in [5, 5.41) is 1.54. The molecular formula is C20H20ClNO4. The van der Waals surface area contributed by atoms with Crippen LogP contribution in [0, 0.1) is 0 Å². The van der Waals surface area contributed by atoms with Crippen molar-refractivity contribution in [1.82, 2.24) is 4.90 Å². The minimum Gasteiger partial charge on any atom is -0.497 e. The predicted molar refractivity (Wildman–Crippen MR) is 102 cm³/mol. The molecular weight excluding hydrogens is 354 g/mol. The second-order valence-corrected chi connectivity index (χ2v) is 6.52. The van der Waals surface area contributed by atoms with E-state index in [1.54, 1.807) is 26.4 Å². The quantitative estimate of drug-likeness (QED) is 0.609. The second kappa shape index (κ2) is 7.81. The number of hydrogen-bond acceptors (Lipinski definition) is 5. The summed E-state index contributed by atoms with van der Waals surface area (Å²) in [4.78, 5) is 14.0. The molecule has 5 nitrogen and oxygen atoms in total. The van der Waals surface area contributed by atoms with Gasteiger partial charge in [0.05, 0.1) is 14.2 Å². The lowest BCUT2D eigenvalue weighted by molar-refractivity contribution is 0.310. The van der Waals surface area contributed by atoms with Gasteiger partial charge in [-0.1, -0.05) is 11.6 Å². The zero-order valence-electron chi connectivity index (χ0n) is 14.9. The lowest BCUT2D eigenvalue weighted by Gasteiger charge is -2.19. The van der Waals surface area contributed by atoms with Crippen molar-refractivity contribution >= 4 is 22.6 Å². The maximum Gasteiger partial charge on any atom is 0.336 e. The average molecular weight is 374 g/mol. The van der Waals surface area contributed by atoms with Crippen LogP contribution in [0.4, 0.5) is 0 Å². The van der Waals surface area contributed by atoms with Gasteiger partial charge in [0.2, 0.25) is 0 Å². The first-order chi connectivity index (χ1) is 12.5. The normalized spacial score (nSPS) is 11.1. The standard InChI is InChI=1S/C20H20ClNO4/c1-22(12-14-8-15(21)4-7-18(14)25-3)11-13-9-20(23)26-19-10-16(24-2)5-6-17(13)19/h4-10H,11-12H2,1-3H3. The van der Waals surface area contributed by atoms with E-state index in [0.717, 1.165) is 22.3 Å². The van der Waals surface area contributed by atoms with Crippen molar-refractivity contribution in [3.05, 3.63) is 69.0 Å². The zero-order chi connectivity index (χ0) is 18.7. The lowest BCUT2D eigenvalue weighted by atomic mass is 10.1. The number of methoxy groups -OCH3 is 2. The van der Waals surface area contributed by atoms with Crippen LogP contribution in [0.2, 0.25) is 5.02 Å². The molecule has 0 unspecified atom stereocenters. The molecule has 1 heterocycles. The molecule has 2 aromatic carbocycles. The molecule has 3 aromatic rings. The third-order valence-corrected chi connectivity index (χ3v) is 4.40. The van der Waals surface area contributed by atoms with Gasteiger partial charge < -0.3 is 13.9 Å². The second-order valence-electron chi connectivity index (χ2n) is 6.08. The van der Waals surface area contributed by atoms with E-state index in [-0.39, 0.29) is 5.63 Å². The molecule has 0 radical (unpaired) electrons. The minimum atomic E-state index is -0.380. The molecule has 1 aromatic heterocycles. The number of rotatable bonds is 6. The Hall–Kier alpha value is -2.50. The van der Waals surface area contributed by atoms with E-state index < -0.39 is 0 Å². The van der Waals surface area contributed by atoms with Crippen molar-refractivity contribution in [3.63, 3.8) is 0 Å². The summed E-state index contributed by atoms with van der Waals surface area (Å²) in [7, 11) is 5.19. The van der Waals surface area contributed by atoms with Crippen molar-refractivity contribution < 1.29 is 13.9 Å². The summed E-state index contributed by atoms with van der Waals surface area (Å²) in [5.41, 5.74) is 2.01. The van der Waals surface area contributed by atoms with Gasteiger partial charge in [-0.2, -0.15) is 0 Å². The number of hydrogen-bond donors (Lipinski definition) is 0. The highest BCUT2D eigenvalue weighted by Crippen LogP contribution is 2.26. The number of benzene rings is 2. The van der Waals surface area contributed by atoms with E-state index in [0.29, 0.717) is 29.4 Å². The first-order valence-corrected chi connectivity index (χ1v) is 8.49. The third kappa shape index (κ3) is 4.00. The Labute approximate surface area is 156 Å². The van der Waals surface area contributed by atoms with Gasteiger partial charge in [0.15, 0.2) is 0 Å². The van der Waals surface area contributed by atoms with Gasteiger partial charge in [-0.05, 0) is 42.9 Å². The van der Waals surface area contributed by atoms with Crippen LogP contribution < -0.4 is 15.1 Å². The molecule has 0 bridgehead atoms. The highest BCUT2D eigenvalue weighted by atomic mass is 35.5. The molecule has 26 heavy (non-hydrogen) atoms. The van der Waals surface area contributed by atoms with Crippen LogP contribution in [0.1, 0.15) is 11.1 Å². The van der Waals surface area contributed by atoms with E-state index in [9.17, 15) is 4.79 Å². The minimum absolute atomic E-state index is 0.380. The summed E-state index contributed by atoms with van der Waals surface area (Å²) in [6.45, 7) is 1.20. The highest BCUT2D eigenvalue weighted by Gasteiger charge is 2.12. The monoisotopic (exact) mass is 373 g/mol. The molecule has 3 rings (SSSR count). The topological polar surface area (TPSA) is 51.9 Å². The molecule has 0 N–H and O–H groups in total. The number of ether oxygens (including phenoxy) is 2. The fraction of sp³-hybridized carbons (Fsp3) is 0.250. The van der Waals surface area contributed by atoms with Crippen molar-refractivity contribution in [2.75, 3.05) is 21.3 Å². The van der Waals surface area contributed by atoms with E-state index in [1.807, 2.05) is 31.3 Å². The van der Waals surface area contributed by atoms with E-state index in [1.165, 1.54) is 6.07 Å². The molecule has 136 valence electrons. The Balaban J connectivity index is 1.89. The van der Waals surface area contributed by atoms with Crippen LogP contribution in [0.25, 0.3) is 11.0 Å². The van der Waals surface area contributed by atoms with Crippen molar-refractivity contribution in [1.29, 1.82) is 0 Å². The molecule has 0 aliphatic rings. The van der Waals surface area contributed by atoms with Crippen molar-refractivity contribution in [2.24, 2.45) is 0 Å². The number of halogens is 1. The smallest absolute Gasteiger partial charge is 0.336 e. The van der Waals surface area contributed by atoms with Gasteiger partial charge in [-0.25, -0.2) is 4.79 Å². The van der Waals surface area contributed by atoms with Gasteiger partial charge in [0, 0.05) is 41.2 Å². The van der Waals surface area contributed by atoms with Gasteiger partial charge in [-0.15, -0.1) is 0 Å². The Kier molecular flexibility index (Phi) is 5.49. The number of fused-ring (bicyclic) bond motifs is 1. The first kappa shape index (κ1) is 18.3. The van der Waals surface area contributed by atoms with Crippen LogP contribution in [0.5, 0.6) is 11.5 Å². The average Bonchev–Trinajstić information content (AvgIpc) is 2.61. The Morgan fingerprint density at radius 1 is 1.00 bits per heavy atom. The Bertz CT molecular complexity index is 983. The molecule has 0 aliphatic carbocycles. The van der Waals surface area contributed by atoms with Gasteiger partial charge in [-0.3, -0.25) is 4.90 Å². The fourth-order valence-electron chi connectivity index (χ4n) is 2.98.